The molecule has 0 aliphatic heterocycles. The van der Waals surface area contributed by atoms with Gasteiger partial charge in [0.25, 0.3) is 5.56 Å². The number of aryl methyl sites for hydroxylation is 1. The summed E-state index contributed by atoms with van der Waals surface area (Å²) in [6.45, 7) is 3.18. The van der Waals surface area contributed by atoms with Gasteiger partial charge in [0.2, 0.25) is 0 Å². The molecule has 1 atom stereocenters. The van der Waals surface area contributed by atoms with Crippen LogP contribution in [-0.2, 0) is 11.2 Å². The molecule has 0 radical (unpaired) electrons. The van der Waals surface area contributed by atoms with Gasteiger partial charge < -0.3 is 9.63 Å². The maximum atomic E-state index is 11.1. The third-order valence-electron chi connectivity index (χ3n) is 1.93. The Balaban J connectivity index is 2.85. The van der Waals surface area contributed by atoms with Crippen LogP contribution in [0.5, 0.6) is 0 Å². The Labute approximate surface area is 74.3 Å². The van der Waals surface area contributed by atoms with Crippen LogP contribution in [0.2, 0.25) is 0 Å². The van der Waals surface area contributed by atoms with E-state index in [1.54, 1.807) is 13.8 Å². The normalized spacial score (nSPS) is 12.8. The van der Waals surface area contributed by atoms with Crippen molar-refractivity contribution in [3.8, 4) is 0 Å². The molecule has 72 valence electrons. The van der Waals surface area contributed by atoms with Crippen LogP contribution in [0.1, 0.15) is 18.2 Å². The highest BCUT2D eigenvalue weighted by Gasteiger charge is 2.17. The van der Waals surface area contributed by atoms with E-state index in [2.05, 4.69) is 5.16 Å². The Kier molecular flexibility index (Phi) is 2.55. The summed E-state index contributed by atoms with van der Waals surface area (Å²) in [4.78, 5) is 21.6. The van der Waals surface area contributed by atoms with E-state index >= 15 is 0 Å². The molecule has 1 aromatic heterocycles. The molecule has 0 aromatic carbocycles. The molecule has 0 fully saturated rings. The van der Waals surface area contributed by atoms with E-state index in [9.17, 15) is 9.59 Å². The van der Waals surface area contributed by atoms with Gasteiger partial charge in [-0.3, -0.25) is 9.59 Å². The molecule has 1 rings (SSSR count). The predicted octanol–water partition coefficient (Wildman–Crippen LogP) is 0.540. The lowest BCUT2D eigenvalue weighted by Gasteiger charge is -2.02. The van der Waals surface area contributed by atoms with Crippen LogP contribution in [0.3, 0.4) is 0 Å². The van der Waals surface area contributed by atoms with Crippen molar-refractivity contribution < 1.29 is 14.4 Å². The van der Waals surface area contributed by atoms with Crippen molar-refractivity contribution in [1.29, 1.82) is 0 Å². The lowest BCUT2D eigenvalue weighted by molar-refractivity contribution is -0.141. The molecule has 0 aliphatic rings. The van der Waals surface area contributed by atoms with E-state index in [0.29, 0.717) is 11.3 Å². The largest absolute Gasteiger partial charge is 0.481 e. The molecule has 1 unspecified atom stereocenters. The fraction of sp³-hybridized carbons (Fsp3) is 0.500. The van der Waals surface area contributed by atoms with Crippen molar-refractivity contribution >= 4 is 5.97 Å². The molecule has 2 N–H and O–H groups in total. The Morgan fingerprint density at radius 2 is 2.31 bits per heavy atom. The number of aliphatic carboxylic acids is 1. The summed E-state index contributed by atoms with van der Waals surface area (Å²) < 4.78 is 4.75. The number of carboxylic acid groups (broad SMARTS) is 1. The van der Waals surface area contributed by atoms with Gasteiger partial charge in [0.05, 0.1) is 11.5 Å². The zero-order valence-corrected chi connectivity index (χ0v) is 7.46. The van der Waals surface area contributed by atoms with Gasteiger partial charge in [0, 0.05) is 0 Å². The summed E-state index contributed by atoms with van der Waals surface area (Å²) in [6.07, 6.45) is 0.201. The number of aromatic amines is 1. The van der Waals surface area contributed by atoms with Gasteiger partial charge in [0.1, 0.15) is 5.76 Å². The van der Waals surface area contributed by atoms with E-state index in [-0.39, 0.29) is 12.0 Å². The zero-order chi connectivity index (χ0) is 10.0. The van der Waals surface area contributed by atoms with Crippen molar-refractivity contribution in [2.45, 2.75) is 20.3 Å². The van der Waals surface area contributed by atoms with E-state index in [0.717, 1.165) is 0 Å². The third kappa shape index (κ3) is 1.99. The highest BCUT2D eigenvalue weighted by Crippen LogP contribution is 2.08. The van der Waals surface area contributed by atoms with Gasteiger partial charge in [-0.05, 0) is 13.3 Å². The number of carboxylic acids is 1. The van der Waals surface area contributed by atoms with Gasteiger partial charge in [-0.25, -0.2) is 0 Å². The third-order valence-corrected chi connectivity index (χ3v) is 1.93. The van der Waals surface area contributed by atoms with Gasteiger partial charge in [0.15, 0.2) is 0 Å². The first kappa shape index (κ1) is 9.57. The van der Waals surface area contributed by atoms with Crippen molar-refractivity contribution in [3.05, 3.63) is 21.7 Å². The Morgan fingerprint density at radius 1 is 1.69 bits per heavy atom. The van der Waals surface area contributed by atoms with Crippen molar-refractivity contribution in [2.24, 2.45) is 5.92 Å². The Hall–Kier alpha value is -1.52. The van der Waals surface area contributed by atoms with Gasteiger partial charge >= 0.3 is 5.97 Å². The molecule has 0 amide bonds. The van der Waals surface area contributed by atoms with Gasteiger partial charge in [-0.1, -0.05) is 6.92 Å². The van der Waals surface area contributed by atoms with Crippen LogP contribution in [0.25, 0.3) is 0 Å². The Morgan fingerprint density at radius 3 is 2.69 bits per heavy atom. The fourth-order valence-corrected chi connectivity index (χ4v) is 1.04. The fourth-order valence-electron chi connectivity index (χ4n) is 1.04. The molecule has 1 aromatic rings. The highest BCUT2D eigenvalue weighted by molar-refractivity contribution is 5.69. The number of H-pyrrole nitrogens is 1. The van der Waals surface area contributed by atoms with Crippen molar-refractivity contribution in [3.63, 3.8) is 0 Å². The number of hydrogen-bond donors (Lipinski definition) is 2. The Bertz CT molecular complexity index is 362. The lowest BCUT2D eigenvalue weighted by Crippen LogP contribution is -2.17. The number of hydrogen-bond acceptors (Lipinski definition) is 3. The van der Waals surface area contributed by atoms with Crippen LogP contribution < -0.4 is 5.56 Å². The van der Waals surface area contributed by atoms with Crippen LogP contribution in [0.4, 0.5) is 0 Å². The first-order valence-electron chi connectivity index (χ1n) is 3.92. The molecule has 0 aliphatic carbocycles. The van der Waals surface area contributed by atoms with Crippen molar-refractivity contribution in [2.75, 3.05) is 0 Å². The second kappa shape index (κ2) is 3.47. The monoisotopic (exact) mass is 185 g/mol. The van der Waals surface area contributed by atoms with Crippen LogP contribution in [-0.4, -0.2) is 16.2 Å². The maximum Gasteiger partial charge on any atom is 0.306 e. The van der Waals surface area contributed by atoms with Crippen LogP contribution in [0.15, 0.2) is 9.32 Å². The second-order valence-electron chi connectivity index (χ2n) is 3.01. The second-order valence-corrected chi connectivity index (χ2v) is 3.01. The summed E-state index contributed by atoms with van der Waals surface area (Å²) in [6, 6.07) is 0. The summed E-state index contributed by atoms with van der Waals surface area (Å²) >= 11 is 0. The quantitative estimate of drug-likeness (QED) is 0.719. The van der Waals surface area contributed by atoms with E-state index in [1.165, 1.54) is 0 Å². The summed E-state index contributed by atoms with van der Waals surface area (Å²) in [5.74, 6) is -1.03. The van der Waals surface area contributed by atoms with E-state index in [4.69, 9.17) is 9.63 Å². The van der Waals surface area contributed by atoms with Gasteiger partial charge in [-0.15, -0.1) is 0 Å². The molecule has 1 heterocycles. The van der Waals surface area contributed by atoms with Gasteiger partial charge in [-0.2, -0.15) is 5.16 Å². The molecule has 5 nitrogen and oxygen atoms in total. The molecular weight excluding hydrogens is 174 g/mol. The number of carbonyl (C=O) groups is 1. The lowest BCUT2D eigenvalue weighted by atomic mass is 10.0. The van der Waals surface area contributed by atoms with Crippen molar-refractivity contribution in [1.82, 2.24) is 5.16 Å². The number of nitrogens with one attached hydrogen (secondary N) is 1. The van der Waals surface area contributed by atoms with E-state index in [1.807, 2.05) is 0 Å². The maximum absolute atomic E-state index is 11.1. The molecule has 0 spiro atoms. The average molecular weight is 185 g/mol. The highest BCUT2D eigenvalue weighted by atomic mass is 16.5. The average Bonchev–Trinajstić information content (AvgIpc) is 2.35. The van der Waals surface area contributed by atoms with Crippen LogP contribution >= 0.6 is 0 Å². The topological polar surface area (TPSA) is 83.3 Å². The summed E-state index contributed by atoms with van der Waals surface area (Å²) in [5, 5.41) is 10.8. The number of rotatable bonds is 3. The van der Waals surface area contributed by atoms with Crippen LogP contribution in [0, 0.1) is 12.8 Å². The summed E-state index contributed by atoms with van der Waals surface area (Å²) in [7, 11) is 0. The molecule has 0 saturated heterocycles. The smallest absolute Gasteiger partial charge is 0.306 e. The standard InChI is InChI=1S/C8H11NO4/c1-4(8(11)12)3-6-5(2)13-9-7(6)10/h4H,3H2,1-2H3,(H,9,10)(H,11,12). The molecule has 5 heteroatoms. The zero-order valence-electron chi connectivity index (χ0n) is 7.46. The minimum atomic E-state index is -0.917. The minimum Gasteiger partial charge on any atom is -0.481 e. The first-order valence-corrected chi connectivity index (χ1v) is 3.92. The molecule has 0 saturated carbocycles. The first-order chi connectivity index (χ1) is 6.02. The SMILES string of the molecule is Cc1o[nH]c(=O)c1CC(C)C(=O)O. The van der Waals surface area contributed by atoms with E-state index < -0.39 is 11.9 Å². The predicted molar refractivity (Wildman–Crippen MR) is 44.6 cm³/mol. The minimum absolute atomic E-state index is 0.201. The molecular formula is C8H11NO4. The molecule has 0 bridgehead atoms. The molecule has 13 heavy (non-hydrogen) atoms. The number of aromatic nitrogens is 1. The summed E-state index contributed by atoms with van der Waals surface area (Å²) in [5.41, 5.74) is 0.0699.